The van der Waals surface area contributed by atoms with Gasteiger partial charge in [-0.05, 0) is 36.7 Å². The molecule has 0 fully saturated rings. The van der Waals surface area contributed by atoms with Crippen molar-refractivity contribution in [1.82, 2.24) is 10.2 Å². The first-order chi connectivity index (χ1) is 12.5. The van der Waals surface area contributed by atoms with Crippen LogP contribution < -0.4 is 11.1 Å². The van der Waals surface area contributed by atoms with Crippen LogP contribution in [0, 0.1) is 0 Å². The molecule has 0 aliphatic heterocycles. The first-order valence-corrected chi connectivity index (χ1v) is 9.02. The Morgan fingerprint density at radius 1 is 1.04 bits per heavy atom. The summed E-state index contributed by atoms with van der Waals surface area (Å²) in [7, 11) is 0. The quantitative estimate of drug-likeness (QED) is 0.723. The third-order valence-corrected chi connectivity index (χ3v) is 4.52. The van der Waals surface area contributed by atoms with Gasteiger partial charge in [-0.1, -0.05) is 53.5 Å². The number of halogens is 2. The second-order valence-corrected chi connectivity index (χ2v) is 6.57. The third kappa shape index (κ3) is 6.02. The molecule has 138 valence electrons. The molecule has 0 saturated carbocycles. The highest BCUT2D eigenvalue weighted by atomic mass is 35.5. The predicted octanol–water partition coefficient (Wildman–Crippen LogP) is 3.10. The van der Waals surface area contributed by atoms with E-state index in [1.54, 1.807) is 17.0 Å². The van der Waals surface area contributed by atoms with Crippen LogP contribution in [0.2, 0.25) is 10.0 Å². The highest BCUT2D eigenvalue weighted by Crippen LogP contribution is 2.22. The molecule has 0 atom stereocenters. The number of benzene rings is 2. The van der Waals surface area contributed by atoms with Gasteiger partial charge in [-0.15, -0.1) is 0 Å². The molecule has 2 aromatic rings. The monoisotopic (exact) mass is 393 g/mol. The molecule has 26 heavy (non-hydrogen) atoms. The number of carbonyl (C=O) groups is 2. The van der Waals surface area contributed by atoms with Gasteiger partial charge in [0.25, 0.3) is 5.91 Å². The number of hydrogen-bond acceptors (Lipinski definition) is 3. The van der Waals surface area contributed by atoms with Gasteiger partial charge in [0.2, 0.25) is 5.91 Å². The zero-order valence-corrected chi connectivity index (χ0v) is 15.8. The SMILES string of the molecule is NCCCN(Cc1ccccc1)C(=O)CNC(=O)c1ccc(Cl)c(Cl)c1. The standard InChI is InChI=1S/C19H21Cl2N3O2/c20-16-8-7-15(11-17(16)21)19(26)23-12-18(25)24(10-4-9-22)13-14-5-2-1-3-6-14/h1-3,5-8,11H,4,9-10,12-13,22H2,(H,23,26). The van der Waals surface area contributed by atoms with E-state index in [1.807, 2.05) is 30.3 Å². The number of carbonyl (C=O) groups excluding carboxylic acids is 2. The molecule has 0 heterocycles. The van der Waals surface area contributed by atoms with Gasteiger partial charge in [-0.3, -0.25) is 9.59 Å². The summed E-state index contributed by atoms with van der Waals surface area (Å²) in [6.45, 7) is 1.40. The molecule has 0 aliphatic rings. The van der Waals surface area contributed by atoms with Crippen LogP contribution in [0.3, 0.4) is 0 Å². The van der Waals surface area contributed by atoms with Crippen molar-refractivity contribution in [2.45, 2.75) is 13.0 Å². The van der Waals surface area contributed by atoms with Crippen molar-refractivity contribution in [3.05, 3.63) is 69.7 Å². The zero-order chi connectivity index (χ0) is 18.9. The Labute approximate surface area is 163 Å². The second-order valence-electron chi connectivity index (χ2n) is 5.75. The maximum Gasteiger partial charge on any atom is 0.251 e. The van der Waals surface area contributed by atoms with Crippen molar-refractivity contribution in [2.24, 2.45) is 5.73 Å². The van der Waals surface area contributed by atoms with E-state index in [4.69, 9.17) is 28.9 Å². The molecule has 0 radical (unpaired) electrons. The maximum absolute atomic E-state index is 12.5. The van der Waals surface area contributed by atoms with Crippen LogP contribution in [-0.2, 0) is 11.3 Å². The minimum absolute atomic E-state index is 0.101. The molecule has 0 aliphatic carbocycles. The molecule has 2 aromatic carbocycles. The molecular formula is C19H21Cl2N3O2. The largest absolute Gasteiger partial charge is 0.343 e. The van der Waals surface area contributed by atoms with Gasteiger partial charge in [0.1, 0.15) is 0 Å². The topological polar surface area (TPSA) is 75.4 Å². The Kier molecular flexibility index (Phi) is 7.91. The van der Waals surface area contributed by atoms with E-state index in [9.17, 15) is 9.59 Å². The van der Waals surface area contributed by atoms with Gasteiger partial charge in [0.05, 0.1) is 16.6 Å². The first-order valence-electron chi connectivity index (χ1n) is 8.26. The summed E-state index contributed by atoms with van der Waals surface area (Å²) in [4.78, 5) is 26.4. The number of hydrogen-bond donors (Lipinski definition) is 2. The van der Waals surface area contributed by atoms with E-state index in [0.717, 1.165) is 5.56 Å². The third-order valence-electron chi connectivity index (χ3n) is 3.78. The van der Waals surface area contributed by atoms with Crippen molar-refractivity contribution in [2.75, 3.05) is 19.6 Å². The van der Waals surface area contributed by atoms with E-state index >= 15 is 0 Å². The summed E-state index contributed by atoms with van der Waals surface area (Å²) in [5.74, 6) is -0.550. The maximum atomic E-state index is 12.5. The summed E-state index contributed by atoms with van der Waals surface area (Å²) in [6, 6.07) is 14.3. The Hall–Kier alpha value is -2.08. The fraction of sp³-hybridized carbons (Fsp3) is 0.263. The van der Waals surface area contributed by atoms with E-state index < -0.39 is 0 Å². The average molecular weight is 394 g/mol. The summed E-state index contributed by atoms with van der Waals surface area (Å²) in [6.07, 6.45) is 0.694. The van der Waals surface area contributed by atoms with Crippen molar-refractivity contribution >= 4 is 35.0 Å². The van der Waals surface area contributed by atoms with Gasteiger partial charge >= 0.3 is 0 Å². The molecule has 2 rings (SSSR count). The number of nitrogens with zero attached hydrogens (tertiary/aromatic N) is 1. The molecule has 3 N–H and O–H groups in total. The van der Waals surface area contributed by atoms with Gasteiger partial charge in [-0.25, -0.2) is 0 Å². The Balaban J connectivity index is 1.97. The molecule has 0 bridgehead atoms. The number of amides is 2. The molecule has 0 spiro atoms. The Morgan fingerprint density at radius 2 is 1.77 bits per heavy atom. The summed E-state index contributed by atoms with van der Waals surface area (Å²) >= 11 is 11.8. The summed E-state index contributed by atoms with van der Waals surface area (Å²) in [5.41, 5.74) is 6.94. The molecule has 0 saturated heterocycles. The lowest BCUT2D eigenvalue weighted by Gasteiger charge is -2.23. The van der Waals surface area contributed by atoms with Crippen molar-refractivity contribution < 1.29 is 9.59 Å². The van der Waals surface area contributed by atoms with E-state index in [-0.39, 0.29) is 18.4 Å². The molecule has 2 amide bonds. The number of rotatable bonds is 8. The molecule has 7 heteroatoms. The Bertz CT molecular complexity index is 754. The predicted molar refractivity (Wildman–Crippen MR) is 104 cm³/mol. The lowest BCUT2D eigenvalue weighted by Crippen LogP contribution is -2.40. The van der Waals surface area contributed by atoms with Crippen LogP contribution in [0.15, 0.2) is 48.5 Å². The van der Waals surface area contributed by atoms with Crippen molar-refractivity contribution in [1.29, 1.82) is 0 Å². The molecular weight excluding hydrogens is 373 g/mol. The lowest BCUT2D eigenvalue weighted by molar-refractivity contribution is -0.130. The normalized spacial score (nSPS) is 10.4. The minimum Gasteiger partial charge on any atom is -0.343 e. The molecule has 5 nitrogen and oxygen atoms in total. The van der Waals surface area contributed by atoms with Crippen LogP contribution in [0.25, 0.3) is 0 Å². The highest BCUT2D eigenvalue weighted by molar-refractivity contribution is 6.42. The van der Waals surface area contributed by atoms with Crippen LogP contribution in [0.4, 0.5) is 0 Å². The van der Waals surface area contributed by atoms with E-state index in [2.05, 4.69) is 5.32 Å². The molecule has 0 unspecified atom stereocenters. The lowest BCUT2D eigenvalue weighted by atomic mass is 10.2. The van der Waals surface area contributed by atoms with Gasteiger partial charge < -0.3 is 16.0 Å². The molecule has 0 aromatic heterocycles. The van der Waals surface area contributed by atoms with Crippen LogP contribution >= 0.6 is 23.2 Å². The highest BCUT2D eigenvalue weighted by Gasteiger charge is 2.16. The Morgan fingerprint density at radius 3 is 2.42 bits per heavy atom. The van der Waals surface area contributed by atoms with E-state index in [0.29, 0.717) is 41.7 Å². The van der Waals surface area contributed by atoms with Crippen LogP contribution in [-0.4, -0.2) is 36.3 Å². The van der Waals surface area contributed by atoms with E-state index in [1.165, 1.54) is 6.07 Å². The summed E-state index contributed by atoms with van der Waals surface area (Å²) < 4.78 is 0. The fourth-order valence-electron chi connectivity index (χ4n) is 2.39. The van der Waals surface area contributed by atoms with Crippen molar-refractivity contribution in [3.63, 3.8) is 0 Å². The van der Waals surface area contributed by atoms with Gasteiger partial charge in [0.15, 0.2) is 0 Å². The van der Waals surface area contributed by atoms with Crippen LogP contribution in [0.5, 0.6) is 0 Å². The number of nitrogens with two attached hydrogens (primary N) is 1. The minimum atomic E-state index is -0.379. The average Bonchev–Trinajstić information content (AvgIpc) is 2.65. The van der Waals surface area contributed by atoms with Gasteiger partial charge in [0, 0.05) is 18.7 Å². The smallest absolute Gasteiger partial charge is 0.251 e. The zero-order valence-electron chi connectivity index (χ0n) is 14.3. The van der Waals surface area contributed by atoms with Crippen LogP contribution in [0.1, 0.15) is 22.3 Å². The summed E-state index contributed by atoms with van der Waals surface area (Å²) in [5, 5.41) is 3.29. The first kappa shape index (κ1) is 20.2. The number of nitrogens with one attached hydrogen (secondary N) is 1. The van der Waals surface area contributed by atoms with Gasteiger partial charge in [-0.2, -0.15) is 0 Å². The fourth-order valence-corrected chi connectivity index (χ4v) is 2.68. The second kappa shape index (κ2) is 10.2. The van der Waals surface area contributed by atoms with Crippen molar-refractivity contribution in [3.8, 4) is 0 Å².